The summed E-state index contributed by atoms with van der Waals surface area (Å²) in [5, 5.41) is 0. The lowest BCUT2D eigenvalue weighted by Crippen LogP contribution is -2.67. The quantitative estimate of drug-likeness (QED) is 0.105. The van der Waals surface area contributed by atoms with Crippen molar-refractivity contribution in [2.45, 2.75) is 69.5 Å². The van der Waals surface area contributed by atoms with E-state index in [2.05, 4.69) is 0 Å². The lowest BCUT2D eigenvalue weighted by atomic mass is 9.79. The minimum absolute atomic E-state index is 0.119. The van der Waals surface area contributed by atoms with Gasteiger partial charge < -0.3 is 28.4 Å². The van der Waals surface area contributed by atoms with Gasteiger partial charge in [-0.2, -0.15) is 0 Å². The fourth-order valence-corrected chi connectivity index (χ4v) is 6.47. The van der Waals surface area contributed by atoms with Gasteiger partial charge in [-0.1, -0.05) is 152 Å². The Labute approximate surface area is 294 Å². The highest BCUT2D eigenvalue weighted by atomic mass is 16.6. The van der Waals surface area contributed by atoms with Crippen molar-refractivity contribution in [3.05, 3.63) is 179 Å². The van der Waals surface area contributed by atoms with Gasteiger partial charge in [0.05, 0.1) is 39.6 Å². The standard InChI is InChI=1S/C43H44O7/c1-32-38(46-28-33-18-8-3-9-19-33)39(47-29-34-20-10-4-11-21-34)40(48-30-35-22-12-5-13-23-35)41(50-32)43(42(44)45-2,37-26-16-7-17-27-37)49-31-36-24-14-6-15-25-36/h3-27,32,38-41H,28-31H2,1-2H3/t32-,38+,39+,40-,41-,43+/m0/s1. The minimum Gasteiger partial charge on any atom is -0.467 e. The molecule has 50 heavy (non-hydrogen) atoms. The van der Waals surface area contributed by atoms with Crippen LogP contribution in [0.4, 0.5) is 0 Å². The number of carbonyl (C=O) groups is 1. The normalized spacial score (nSPS) is 21.6. The summed E-state index contributed by atoms with van der Waals surface area (Å²) in [5.74, 6) is -0.601. The summed E-state index contributed by atoms with van der Waals surface area (Å²) in [6.07, 6.45) is -3.61. The van der Waals surface area contributed by atoms with Gasteiger partial charge in [-0.05, 0) is 34.7 Å². The molecular formula is C43H44O7. The van der Waals surface area contributed by atoms with Crippen LogP contribution in [0.5, 0.6) is 0 Å². The van der Waals surface area contributed by atoms with E-state index in [9.17, 15) is 4.79 Å². The van der Waals surface area contributed by atoms with Crippen LogP contribution in [0.25, 0.3) is 0 Å². The van der Waals surface area contributed by atoms with Crippen molar-refractivity contribution in [1.82, 2.24) is 0 Å². The topological polar surface area (TPSA) is 72.5 Å². The van der Waals surface area contributed by atoms with E-state index < -0.39 is 42.1 Å². The van der Waals surface area contributed by atoms with Crippen LogP contribution < -0.4 is 0 Å². The molecule has 0 amide bonds. The third-order valence-electron chi connectivity index (χ3n) is 9.03. The molecule has 0 saturated carbocycles. The Morgan fingerprint density at radius 1 is 0.540 bits per heavy atom. The Morgan fingerprint density at radius 3 is 1.36 bits per heavy atom. The van der Waals surface area contributed by atoms with Gasteiger partial charge in [0.1, 0.15) is 24.4 Å². The van der Waals surface area contributed by atoms with Crippen LogP contribution in [0, 0.1) is 0 Å². The van der Waals surface area contributed by atoms with Crippen LogP contribution in [0.2, 0.25) is 0 Å². The highest BCUT2D eigenvalue weighted by Gasteiger charge is 2.60. The van der Waals surface area contributed by atoms with Crippen molar-refractivity contribution in [1.29, 1.82) is 0 Å². The van der Waals surface area contributed by atoms with Crippen molar-refractivity contribution < 1.29 is 33.2 Å². The second kappa shape index (κ2) is 17.3. The van der Waals surface area contributed by atoms with Crippen LogP contribution >= 0.6 is 0 Å². The lowest BCUT2D eigenvalue weighted by Gasteiger charge is -2.50. The molecule has 1 heterocycles. The zero-order valence-electron chi connectivity index (χ0n) is 28.5. The highest BCUT2D eigenvalue weighted by Crippen LogP contribution is 2.43. The van der Waals surface area contributed by atoms with Gasteiger partial charge in [0.15, 0.2) is 0 Å². The van der Waals surface area contributed by atoms with Gasteiger partial charge in [-0.15, -0.1) is 0 Å². The van der Waals surface area contributed by atoms with Crippen molar-refractivity contribution in [3.8, 4) is 0 Å². The maximum absolute atomic E-state index is 14.4. The number of rotatable bonds is 15. The van der Waals surface area contributed by atoms with Gasteiger partial charge in [0.25, 0.3) is 0 Å². The summed E-state index contributed by atoms with van der Waals surface area (Å²) in [7, 11) is 1.37. The van der Waals surface area contributed by atoms with E-state index in [0.29, 0.717) is 18.8 Å². The molecule has 0 radical (unpaired) electrons. The number of hydrogen-bond donors (Lipinski definition) is 0. The third kappa shape index (κ3) is 8.38. The number of ether oxygens (including phenoxy) is 6. The molecule has 0 spiro atoms. The maximum Gasteiger partial charge on any atom is 0.345 e. The fourth-order valence-electron chi connectivity index (χ4n) is 6.47. The number of carbonyl (C=O) groups excluding carboxylic acids is 1. The number of methoxy groups -OCH3 is 1. The van der Waals surface area contributed by atoms with Gasteiger partial charge in [0.2, 0.25) is 5.60 Å². The molecule has 5 aromatic carbocycles. The van der Waals surface area contributed by atoms with E-state index in [-0.39, 0.29) is 13.2 Å². The SMILES string of the molecule is COC(=O)[C@@](OCc1ccccc1)(c1ccccc1)[C@H]1O[C@@H](C)[C@@H](OCc2ccccc2)[C@@H](OCc2ccccc2)[C@@H]1OCc1ccccc1. The van der Waals surface area contributed by atoms with E-state index in [0.717, 1.165) is 22.3 Å². The van der Waals surface area contributed by atoms with Crippen LogP contribution in [0.1, 0.15) is 34.7 Å². The maximum atomic E-state index is 14.4. The molecule has 0 bridgehead atoms. The van der Waals surface area contributed by atoms with Crippen molar-refractivity contribution in [3.63, 3.8) is 0 Å². The van der Waals surface area contributed by atoms with Gasteiger partial charge in [-0.25, -0.2) is 4.79 Å². The Bertz CT molecular complexity index is 1720. The van der Waals surface area contributed by atoms with E-state index in [4.69, 9.17) is 28.4 Å². The highest BCUT2D eigenvalue weighted by molar-refractivity contribution is 5.82. The minimum atomic E-state index is -1.74. The molecule has 1 saturated heterocycles. The number of esters is 1. The van der Waals surface area contributed by atoms with Gasteiger partial charge in [0, 0.05) is 0 Å². The Hall–Kier alpha value is -4.63. The van der Waals surface area contributed by atoms with Crippen molar-refractivity contribution in [2.24, 2.45) is 0 Å². The third-order valence-corrected chi connectivity index (χ3v) is 9.03. The molecule has 7 heteroatoms. The lowest BCUT2D eigenvalue weighted by molar-refractivity contribution is -0.301. The second-order valence-corrected chi connectivity index (χ2v) is 12.4. The summed E-state index contributed by atoms with van der Waals surface area (Å²) in [4.78, 5) is 14.4. The smallest absolute Gasteiger partial charge is 0.345 e. The molecule has 0 unspecified atom stereocenters. The first-order chi connectivity index (χ1) is 24.6. The van der Waals surface area contributed by atoms with Crippen LogP contribution in [0.15, 0.2) is 152 Å². The van der Waals surface area contributed by atoms with Gasteiger partial charge in [-0.3, -0.25) is 0 Å². The average Bonchev–Trinajstić information content (AvgIpc) is 3.18. The Kier molecular flexibility index (Phi) is 12.2. The molecule has 7 nitrogen and oxygen atoms in total. The molecule has 6 atom stereocenters. The average molecular weight is 673 g/mol. The van der Waals surface area contributed by atoms with Gasteiger partial charge >= 0.3 is 5.97 Å². The predicted molar refractivity (Wildman–Crippen MR) is 191 cm³/mol. The monoisotopic (exact) mass is 672 g/mol. The second-order valence-electron chi connectivity index (χ2n) is 12.4. The van der Waals surface area contributed by atoms with Crippen LogP contribution in [-0.2, 0) is 65.2 Å². The predicted octanol–water partition coefficient (Wildman–Crippen LogP) is 7.82. The molecule has 1 aliphatic heterocycles. The molecular weight excluding hydrogens is 628 g/mol. The summed E-state index contributed by atoms with van der Waals surface area (Å²) in [6, 6.07) is 49.0. The summed E-state index contributed by atoms with van der Waals surface area (Å²) >= 11 is 0. The molecule has 6 rings (SSSR count). The first-order valence-electron chi connectivity index (χ1n) is 17.0. The van der Waals surface area contributed by atoms with Crippen LogP contribution in [0.3, 0.4) is 0 Å². The largest absolute Gasteiger partial charge is 0.467 e. The molecule has 0 aromatic heterocycles. The Morgan fingerprint density at radius 2 is 0.920 bits per heavy atom. The van der Waals surface area contributed by atoms with E-state index in [1.165, 1.54) is 7.11 Å². The zero-order valence-corrected chi connectivity index (χ0v) is 28.5. The molecule has 1 aliphatic rings. The molecule has 1 fully saturated rings. The van der Waals surface area contributed by atoms with Crippen molar-refractivity contribution in [2.75, 3.05) is 7.11 Å². The first-order valence-corrected chi connectivity index (χ1v) is 17.0. The molecule has 258 valence electrons. The molecule has 5 aromatic rings. The Balaban J connectivity index is 1.45. The van der Waals surface area contributed by atoms with E-state index in [1.807, 2.05) is 159 Å². The number of hydrogen-bond acceptors (Lipinski definition) is 7. The summed E-state index contributed by atoms with van der Waals surface area (Å²) in [5.41, 5.74) is 2.71. The first kappa shape index (κ1) is 35.2. The van der Waals surface area contributed by atoms with E-state index in [1.54, 1.807) is 0 Å². The van der Waals surface area contributed by atoms with Crippen molar-refractivity contribution >= 4 is 5.97 Å². The molecule has 0 aliphatic carbocycles. The van der Waals surface area contributed by atoms with E-state index >= 15 is 0 Å². The zero-order chi connectivity index (χ0) is 34.6. The number of benzene rings is 5. The van der Waals surface area contributed by atoms with Crippen LogP contribution in [-0.4, -0.2) is 43.6 Å². The summed E-state index contributed by atoms with van der Waals surface area (Å²) < 4.78 is 39.7. The fraction of sp³-hybridized carbons (Fsp3) is 0.279. The summed E-state index contributed by atoms with van der Waals surface area (Å²) in [6.45, 7) is 2.93. The molecule has 0 N–H and O–H groups in total.